The summed E-state index contributed by atoms with van der Waals surface area (Å²) in [6.07, 6.45) is 16.7. The molecule has 2 fully saturated rings. The number of aryl methyl sites for hydroxylation is 1. The molecule has 2 saturated carbocycles. The molecule has 30 heavy (non-hydrogen) atoms. The zero-order valence-corrected chi connectivity index (χ0v) is 19.1. The zero-order valence-electron chi connectivity index (χ0n) is 19.1. The van der Waals surface area contributed by atoms with Crippen molar-refractivity contribution < 1.29 is 13.9 Å². The summed E-state index contributed by atoms with van der Waals surface area (Å²) in [5.74, 6) is 3.34. The molecule has 168 valence electrons. The van der Waals surface area contributed by atoms with Crippen molar-refractivity contribution in [2.75, 3.05) is 0 Å². The number of carbonyl (C=O) groups is 1. The highest BCUT2D eigenvalue weighted by molar-refractivity contribution is 5.72. The molecule has 0 heterocycles. The van der Waals surface area contributed by atoms with E-state index in [-0.39, 0.29) is 11.8 Å². The predicted octanol–water partition coefficient (Wildman–Crippen LogP) is 7.88. The number of benzene rings is 1. The van der Waals surface area contributed by atoms with E-state index in [1.807, 2.05) is 6.92 Å². The Morgan fingerprint density at radius 1 is 0.900 bits per heavy atom. The molecule has 2 aliphatic carbocycles. The predicted molar refractivity (Wildman–Crippen MR) is 121 cm³/mol. The van der Waals surface area contributed by atoms with Gasteiger partial charge >= 0.3 is 5.97 Å². The van der Waals surface area contributed by atoms with E-state index in [1.165, 1.54) is 70.3 Å². The highest BCUT2D eigenvalue weighted by Gasteiger charge is 2.30. The van der Waals surface area contributed by atoms with Crippen LogP contribution in [-0.4, -0.2) is 5.97 Å². The second-order valence-corrected chi connectivity index (χ2v) is 9.87. The first-order chi connectivity index (χ1) is 14.6. The number of carbonyl (C=O) groups excluding carboxylic acids is 1. The molecule has 0 amide bonds. The zero-order chi connectivity index (χ0) is 21.3. The number of esters is 1. The SMILES string of the molecule is CCCc1ccc(OC(=O)CCC2CCC([C@H]3CC[C@H](CCC)CC3)CC2)cc1F. The summed E-state index contributed by atoms with van der Waals surface area (Å²) in [5.41, 5.74) is 0.688. The van der Waals surface area contributed by atoms with Gasteiger partial charge in [-0.05, 0) is 73.8 Å². The fraction of sp³-hybridized carbons (Fsp3) is 0.741. The summed E-state index contributed by atoms with van der Waals surface area (Å²) in [7, 11) is 0. The van der Waals surface area contributed by atoms with E-state index < -0.39 is 0 Å². The van der Waals surface area contributed by atoms with Crippen LogP contribution in [0.1, 0.15) is 103 Å². The van der Waals surface area contributed by atoms with Crippen LogP contribution in [0.25, 0.3) is 0 Å². The van der Waals surface area contributed by atoms with Crippen molar-refractivity contribution >= 4 is 5.97 Å². The van der Waals surface area contributed by atoms with Gasteiger partial charge in [-0.3, -0.25) is 4.79 Å². The molecule has 1 aromatic carbocycles. The van der Waals surface area contributed by atoms with Crippen LogP contribution in [0.3, 0.4) is 0 Å². The minimum absolute atomic E-state index is 0.228. The van der Waals surface area contributed by atoms with Crippen molar-refractivity contribution in [1.29, 1.82) is 0 Å². The van der Waals surface area contributed by atoms with Gasteiger partial charge in [0.1, 0.15) is 11.6 Å². The summed E-state index contributed by atoms with van der Waals surface area (Å²) in [6, 6.07) is 4.80. The van der Waals surface area contributed by atoms with Crippen molar-refractivity contribution in [1.82, 2.24) is 0 Å². The van der Waals surface area contributed by atoms with Crippen molar-refractivity contribution in [3.05, 3.63) is 29.6 Å². The molecule has 1 aromatic rings. The van der Waals surface area contributed by atoms with Crippen molar-refractivity contribution in [3.8, 4) is 5.75 Å². The fourth-order valence-electron chi connectivity index (χ4n) is 5.87. The Balaban J connectivity index is 1.34. The lowest BCUT2D eigenvalue weighted by atomic mass is 9.68. The monoisotopic (exact) mass is 416 g/mol. The molecule has 0 spiro atoms. The third-order valence-corrected chi connectivity index (χ3v) is 7.68. The largest absolute Gasteiger partial charge is 0.426 e. The Labute approximate surface area is 183 Å². The second-order valence-electron chi connectivity index (χ2n) is 9.87. The average Bonchev–Trinajstić information content (AvgIpc) is 2.75. The van der Waals surface area contributed by atoms with Gasteiger partial charge < -0.3 is 4.74 Å². The Bertz CT molecular complexity index is 655. The number of hydrogen-bond donors (Lipinski definition) is 0. The molecule has 0 atom stereocenters. The Hall–Kier alpha value is -1.38. The van der Waals surface area contributed by atoms with Crippen LogP contribution in [0, 0.1) is 29.5 Å². The molecular formula is C27H41FO2. The van der Waals surface area contributed by atoms with Crippen LogP contribution in [0.2, 0.25) is 0 Å². The van der Waals surface area contributed by atoms with Crippen molar-refractivity contribution in [2.45, 2.75) is 104 Å². The van der Waals surface area contributed by atoms with Gasteiger partial charge in [0.25, 0.3) is 0 Å². The smallest absolute Gasteiger partial charge is 0.311 e. The molecular weight excluding hydrogens is 375 g/mol. The van der Waals surface area contributed by atoms with Crippen molar-refractivity contribution in [3.63, 3.8) is 0 Å². The van der Waals surface area contributed by atoms with E-state index in [1.54, 1.807) is 12.1 Å². The van der Waals surface area contributed by atoms with Crippen LogP contribution in [0.4, 0.5) is 4.39 Å². The first-order valence-corrected chi connectivity index (χ1v) is 12.6. The molecule has 0 radical (unpaired) electrons. The molecule has 2 nitrogen and oxygen atoms in total. The highest BCUT2D eigenvalue weighted by Crippen LogP contribution is 2.43. The van der Waals surface area contributed by atoms with E-state index in [0.717, 1.165) is 30.6 Å². The van der Waals surface area contributed by atoms with Gasteiger partial charge in [0.15, 0.2) is 0 Å². The summed E-state index contributed by atoms with van der Waals surface area (Å²) >= 11 is 0. The lowest BCUT2D eigenvalue weighted by Crippen LogP contribution is -2.26. The Morgan fingerprint density at radius 3 is 2.03 bits per heavy atom. The van der Waals surface area contributed by atoms with Gasteiger partial charge in [-0.2, -0.15) is 0 Å². The van der Waals surface area contributed by atoms with E-state index in [0.29, 0.717) is 30.1 Å². The number of halogens is 1. The third kappa shape index (κ3) is 6.82. The summed E-state index contributed by atoms with van der Waals surface area (Å²) in [6.45, 7) is 4.34. The normalized spacial score (nSPS) is 27.0. The maximum absolute atomic E-state index is 14.0. The van der Waals surface area contributed by atoms with Gasteiger partial charge in [0.05, 0.1) is 0 Å². The fourth-order valence-corrected chi connectivity index (χ4v) is 5.87. The molecule has 0 unspecified atom stereocenters. The van der Waals surface area contributed by atoms with Crippen LogP contribution >= 0.6 is 0 Å². The van der Waals surface area contributed by atoms with E-state index in [4.69, 9.17) is 4.74 Å². The van der Waals surface area contributed by atoms with Gasteiger partial charge in [0.2, 0.25) is 0 Å². The molecule has 3 heteroatoms. The standard InChI is InChI=1S/C27H41FO2/c1-3-5-20-7-12-22(13-8-20)23-14-9-21(10-15-23)11-18-27(29)30-25-17-16-24(6-4-2)26(28)19-25/h16-17,19-23H,3-15,18H2,1-2H3/t20-,21?,22-,23?. The van der Waals surface area contributed by atoms with Gasteiger partial charge in [-0.15, -0.1) is 0 Å². The van der Waals surface area contributed by atoms with E-state index in [2.05, 4.69) is 6.92 Å². The molecule has 0 N–H and O–H groups in total. The molecule has 3 rings (SSSR count). The second kappa shape index (κ2) is 11.9. The lowest BCUT2D eigenvalue weighted by Gasteiger charge is -2.38. The summed E-state index contributed by atoms with van der Waals surface area (Å²) in [5, 5.41) is 0. The lowest BCUT2D eigenvalue weighted by molar-refractivity contribution is -0.134. The third-order valence-electron chi connectivity index (χ3n) is 7.68. The highest BCUT2D eigenvalue weighted by atomic mass is 19.1. The van der Waals surface area contributed by atoms with Crippen molar-refractivity contribution in [2.24, 2.45) is 23.7 Å². The minimum Gasteiger partial charge on any atom is -0.426 e. The molecule has 0 aromatic heterocycles. The Morgan fingerprint density at radius 2 is 1.50 bits per heavy atom. The van der Waals surface area contributed by atoms with E-state index in [9.17, 15) is 9.18 Å². The summed E-state index contributed by atoms with van der Waals surface area (Å²) in [4.78, 5) is 12.2. The van der Waals surface area contributed by atoms with Crippen LogP contribution in [0.5, 0.6) is 5.75 Å². The Kier molecular flexibility index (Phi) is 9.21. The summed E-state index contributed by atoms with van der Waals surface area (Å²) < 4.78 is 19.4. The number of ether oxygens (including phenoxy) is 1. The first-order valence-electron chi connectivity index (χ1n) is 12.6. The first kappa shape index (κ1) is 23.3. The molecule has 0 bridgehead atoms. The molecule has 0 saturated heterocycles. The quantitative estimate of drug-likeness (QED) is 0.302. The molecule has 0 aliphatic heterocycles. The van der Waals surface area contributed by atoms with E-state index >= 15 is 0 Å². The topological polar surface area (TPSA) is 26.3 Å². The van der Waals surface area contributed by atoms with Crippen LogP contribution in [0.15, 0.2) is 18.2 Å². The van der Waals surface area contributed by atoms with Crippen LogP contribution < -0.4 is 4.74 Å². The number of hydrogen-bond acceptors (Lipinski definition) is 2. The van der Waals surface area contributed by atoms with Crippen LogP contribution in [-0.2, 0) is 11.2 Å². The average molecular weight is 417 g/mol. The molecule has 2 aliphatic rings. The maximum atomic E-state index is 14.0. The van der Waals surface area contributed by atoms with Gasteiger partial charge in [0, 0.05) is 12.5 Å². The van der Waals surface area contributed by atoms with Gasteiger partial charge in [-0.25, -0.2) is 4.39 Å². The van der Waals surface area contributed by atoms with Gasteiger partial charge in [-0.1, -0.05) is 64.9 Å². The minimum atomic E-state index is -0.274. The number of rotatable bonds is 9. The maximum Gasteiger partial charge on any atom is 0.311 e.